The molecule has 2 N–H and O–H groups in total. The van der Waals surface area contributed by atoms with Gasteiger partial charge in [-0.2, -0.15) is 0 Å². The number of rotatable bonds is 8. The Kier molecular flexibility index (Phi) is 7.82. The minimum absolute atomic E-state index is 0.0486. The molecule has 1 heterocycles. The van der Waals surface area contributed by atoms with Crippen LogP contribution in [-0.4, -0.2) is 54.2 Å². The van der Waals surface area contributed by atoms with Crippen molar-refractivity contribution in [1.29, 1.82) is 0 Å². The number of alkyl carbamates (subject to hydrolysis) is 1. The normalized spacial score (nSPS) is 18.0. The number of hydrogen-bond donors (Lipinski definition) is 2. The Morgan fingerprint density at radius 2 is 2.00 bits per heavy atom. The predicted octanol–water partition coefficient (Wildman–Crippen LogP) is 2.28. The number of carbonyl (C=O) groups is 2. The second-order valence-electron chi connectivity index (χ2n) is 7.48. The molecule has 1 fully saturated rings. The van der Waals surface area contributed by atoms with Crippen molar-refractivity contribution in [3.05, 3.63) is 0 Å². The number of amides is 2. The van der Waals surface area contributed by atoms with E-state index in [1.54, 1.807) is 0 Å². The van der Waals surface area contributed by atoms with Crippen molar-refractivity contribution in [2.24, 2.45) is 0 Å². The van der Waals surface area contributed by atoms with Crippen LogP contribution in [0.1, 0.15) is 60.3 Å². The van der Waals surface area contributed by atoms with E-state index >= 15 is 0 Å². The van der Waals surface area contributed by atoms with Crippen LogP contribution in [0.15, 0.2) is 0 Å². The molecular weight excluding hydrogens is 294 g/mol. The van der Waals surface area contributed by atoms with Gasteiger partial charge >= 0.3 is 6.09 Å². The lowest BCUT2D eigenvalue weighted by Crippen LogP contribution is -2.41. The van der Waals surface area contributed by atoms with Gasteiger partial charge in [-0.1, -0.05) is 0 Å². The molecule has 1 saturated heterocycles. The summed E-state index contributed by atoms with van der Waals surface area (Å²) in [5, 5.41) is 6.30. The summed E-state index contributed by atoms with van der Waals surface area (Å²) in [7, 11) is 0. The molecule has 6 nitrogen and oxygen atoms in total. The molecule has 6 heteroatoms. The lowest BCUT2D eigenvalue weighted by atomic mass is 10.1. The molecule has 0 spiro atoms. The Morgan fingerprint density at radius 1 is 1.30 bits per heavy atom. The third-order valence-corrected chi connectivity index (χ3v) is 3.74. The highest BCUT2D eigenvalue weighted by Crippen LogP contribution is 2.10. The Labute approximate surface area is 140 Å². The first kappa shape index (κ1) is 19.7. The van der Waals surface area contributed by atoms with E-state index < -0.39 is 5.60 Å². The van der Waals surface area contributed by atoms with Crippen molar-refractivity contribution in [3.63, 3.8) is 0 Å². The Hall–Kier alpha value is -1.30. The molecule has 1 aliphatic heterocycles. The van der Waals surface area contributed by atoms with Gasteiger partial charge in [0.15, 0.2) is 0 Å². The molecule has 0 aromatic rings. The summed E-state index contributed by atoms with van der Waals surface area (Å²) in [5.41, 5.74) is -0.472. The number of nitrogens with zero attached hydrogens (tertiary/aromatic N) is 1. The van der Waals surface area contributed by atoms with E-state index in [1.165, 1.54) is 0 Å². The summed E-state index contributed by atoms with van der Waals surface area (Å²) in [6.07, 6.45) is 3.13. The molecule has 0 radical (unpaired) electrons. The maximum absolute atomic E-state index is 11.7. The average molecular weight is 327 g/mol. The van der Waals surface area contributed by atoms with Gasteiger partial charge in [-0.25, -0.2) is 4.79 Å². The van der Waals surface area contributed by atoms with E-state index in [0.717, 1.165) is 38.9 Å². The highest BCUT2D eigenvalue weighted by Gasteiger charge is 2.20. The Balaban J connectivity index is 2.11. The van der Waals surface area contributed by atoms with Crippen LogP contribution in [-0.2, 0) is 9.53 Å². The summed E-state index contributed by atoms with van der Waals surface area (Å²) in [5.74, 6) is 0.285. The van der Waals surface area contributed by atoms with E-state index in [0.29, 0.717) is 12.5 Å². The van der Waals surface area contributed by atoms with Gasteiger partial charge in [-0.3, -0.25) is 4.79 Å². The molecule has 1 rings (SSSR count). The van der Waals surface area contributed by atoms with Crippen molar-refractivity contribution in [1.82, 2.24) is 15.5 Å². The number of carbonyl (C=O) groups excluding carboxylic acids is 2. The number of likely N-dealkylation sites (tertiary alicyclic amines) is 1. The van der Waals surface area contributed by atoms with Crippen LogP contribution >= 0.6 is 0 Å². The second-order valence-corrected chi connectivity index (χ2v) is 7.48. The minimum Gasteiger partial charge on any atom is -0.444 e. The van der Waals surface area contributed by atoms with Gasteiger partial charge in [0.2, 0.25) is 5.91 Å². The first-order chi connectivity index (χ1) is 10.7. The van der Waals surface area contributed by atoms with E-state index in [1.807, 2.05) is 32.6 Å². The van der Waals surface area contributed by atoms with Gasteiger partial charge in [0.05, 0.1) is 0 Å². The molecule has 2 amide bonds. The minimum atomic E-state index is -0.472. The van der Waals surface area contributed by atoms with Crippen LogP contribution < -0.4 is 10.6 Å². The van der Waals surface area contributed by atoms with Crippen molar-refractivity contribution >= 4 is 12.0 Å². The van der Waals surface area contributed by atoms with E-state index in [9.17, 15) is 9.59 Å². The van der Waals surface area contributed by atoms with Crippen LogP contribution in [0, 0.1) is 0 Å². The molecule has 0 bridgehead atoms. The van der Waals surface area contributed by atoms with Gasteiger partial charge in [-0.05, 0) is 60.4 Å². The summed E-state index contributed by atoms with van der Waals surface area (Å²) in [6, 6.07) is 0.349. The lowest BCUT2D eigenvalue weighted by molar-refractivity contribution is -0.127. The highest BCUT2D eigenvalue weighted by atomic mass is 16.6. The molecule has 0 saturated carbocycles. The SMILES string of the molecule is CC(CC(C)NC(=O)OC(C)(C)C)NCCCN1CCCC1=O. The van der Waals surface area contributed by atoms with Crippen LogP contribution in [0.5, 0.6) is 0 Å². The second kappa shape index (κ2) is 9.11. The summed E-state index contributed by atoms with van der Waals surface area (Å²) in [6.45, 7) is 12.3. The zero-order valence-electron chi connectivity index (χ0n) is 15.3. The molecule has 0 aromatic carbocycles. The summed E-state index contributed by atoms with van der Waals surface area (Å²) in [4.78, 5) is 25.1. The van der Waals surface area contributed by atoms with E-state index in [2.05, 4.69) is 17.6 Å². The zero-order chi connectivity index (χ0) is 17.5. The molecular formula is C17H33N3O3. The van der Waals surface area contributed by atoms with Crippen LogP contribution in [0.4, 0.5) is 4.79 Å². The average Bonchev–Trinajstić information content (AvgIpc) is 2.77. The fourth-order valence-electron chi connectivity index (χ4n) is 2.74. The lowest BCUT2D eigenvalue weighted by Gasteiger charge is -2.24. The van der Waals surface area contributed by atoms with E-state index in [-0.39, 0.29) is 18.0 Å². The maximum atomic E-state index is 11.7. The van der Waals surface area contributed by atoms with Crippen molar-refractivity contribution in [2.75, 3.05) is 19.6 Å². The van der Waals surface area contributed by atoms with Gasteiger partial charge in [0.1, 0.15) is 5.60 Å². The fraction of sp³-hybridized carbons (Fsp3) is 0.882. The molecule has 134 valence electrons. The third kappa shape index (κ3) is 8.79. The van der Waals surface area contributed by atoms with Crippen molar-refractivity contribution in [2.45, 2.75) is 78.0 Å². The number of nitrogens with one attached hydrogen (secondary N) is 2. The first-order valence-electron chi connectivity index (χ1n) is 8.68. The quantitative estimate of drug-likeness (QED) is 0.671. The van der Waals surface area contributed by atoms with Crippen molar-refractivity contribution < 1.29 is 14.3 Å². The molecule has 2 atom stereocenters. The number of hydrogen-bond acceptors (Lipinski definition) is 4. The first-order valence-corrected chi connectivity index (χ1v) is 8.68. The topological polar surface area (TPSA) is 70.7 Å². The molecule has 0 aliphatic carbocycles. The fourth-order valence-corrected chi connectivity index (χ4v) is 2.74. The van der Waals surface area contributed by atoms with Crippen molar-refractivity contribution in [3.8, 4) is 0 Å². The number of ether oxygens (including phenoxy) is 1. The van der Waals surface area contributed by atoms with E-state index in [4.69, 9.17) is 4.74 Å². The predicted molar refractivity (Wildman–Crippen MR) is 91.3 cm³/mol. The highest BCUT2D eigenvalue weighted by molar-refractivity contribution is 5.77. The van der Waals surface area contributed by atoms with Gasteiger partial charge in [0, 0.05) is 31.6 Å². The smallest absolute Gasteiger partial charge is 0.407 e. The third-order valence-electron chi connectivity index (χ3n) is 3.74. The molecule has 0 aromatic heterocycles. The largest absolute Gasteiger partial charge is 0.444 e. The Bertz CT molecular complexity index is 393. The summed E-state index contributed by atoms with van der Waals surface area (Å²) >= 11 is 0. The van der Waals surface area contributed by atoms with Gasteiger partial charge in [-0.15, -0.1) is 0 Å². The van der Waals surface area contributed by atoms with Crippen LogP contribution in [0.3, 0.4) is 0 Å². The standard InChI is InChI=1S/C17H33N3O3/c1-13(12-14(2)19-16(22)23-17(3,4)5)18-9-7-11-20-10-6-8-15(20)21/h13-14,18H,6-12H2,1-5H3,(H,19,22). The molecule has 23 heavy (non-hydrogen) atoms. The monoisotopic (exact) mass is 327 g/mol. The molecule has 1 aliphatic rings. The maximum Gasteiger partial charge on any atom is 0.407 e. The van der Waals surface area contributed by atoms with Gasteiger partial charge in [0.25, 0.3) is 0 Å². The Morgan fingerprint density at radius 3 is 2.57 bits per heavy atom. The zero-order valence-corrected chi connectivity index (χ0v) is 15.3. The summed E-state index contributed by atoms with van der Waals surface area (Å²) < 4.78 is 5.25. The molecule has 2 unspecified atom stereocenters. The van der Waals surface area contributed by atoms with Crippen LogP contribution in [0.25, 0.3) is 0 Å². The van der Waals surface area contributed by atoms with Crippen LogP contribution in [0.2, 0.25) is 0 Å². The van der Waals surface area contributed by atoms with Gasteiger partial charge < -0.3 is 20.3 Å².